The summed E-state index contributed by atoms with van der Waals surface area (Å²) >= 11 is 3.42. The summed E-state index contributed by atoms with van der Waals surface area (Å²) in [5, 5.41) is 3.43. The first-order chi connectivity index (χ1) is 9.16. The molecule has 1 aliphatic heterocycles. The van der Waals surface area contributed by atoms with E-state index in [1.807, 2.05) is 6.20 Å². The first-order valence-electron chi connectivity index (χ1n) is 7.23. The summed E-state index contributed by atoms with van der Waals surface area (Å²) in [5.74, 6) is 0.758. The highest BCUT2D eigenvalue weighted by atomic mass is 79.9. The Labute approximate surface area is 149 Å². The highest BCUT2D eigenvalue weighted by Gasteiger charge is 2.22. The third kappa shape index (κ3) is 6.83. The van der Waals surface area contributed by atoms with E-state index in [0.717, 1.165) is 36.7 Å². The van der Waals surface area contributed by atoms with E-state index in [-0.39, 0.29) is 24.8 Å². The lowest BCUT2D eigenvalue weighted by molar-refractivity contribution is 0.159. The highest BCUT2D eigenvalue weighted by Crippen LogP contribution is 2.27. The van der Waals surface area contributed by atoms with Crippen molar-refractivity contribution < 1.29 is 0 Å². The van der Waals surface area contributed by atoms with E-state index in [9.17, 15) is 0 Å². The van der Waals surface area contributed by atoms with Crippen LogP contribution in [0.4, 0.5) is 0 Å². The number of hydrogen-bond donors (Lipinski definition) is 1. The zero-order chi connectivity index (χ0) is 13.7. The second-order valence-electron chi connectivity index (χ2n) is 5.69. The van der Waals surface area contributed by atoms with E-state index in [0.29, 0.717) is 6.04 Å². The Morgan fingerprint density at radius 1 is 1.19 bits per heavy atom. The van der Waals surface area contributed by atoms with Crippen LogP contribution in [0.2, 0.25) is 0 Å². The molecule has 122 valence electrons. The summed E-state index contributed by atoms with van der Waals surface area (Å²) in [4.78, 5) is 7.00. The fourth-order valence-electron chi connectivity index (χ4n) is 2.63. The minimum Gasteiger partial charge on any atom is -0.314 e. The molecule has 3 nitrogen and oxygen atoms in total. The van der Waals surface area contributed by atoms with Crippen molar-refractivity contribution >= 4 is 40.7 Å². The molecular formula is C15H26BrCl2N3. The maximum absolute atomic E-state index is 4.40. The van der Waals surface area contributed by atoms with Crippen molar-refractivity contribution in [1.29, 1.82) is 0 Å². The summed E-state index contributed by atoms with van der Waals surface area (Å²) in [6.45, 7) is 9.07. The largest absolute Gasteiger partial charge is 0.314 e. The highest BCUT2D eigenvalue weighted by molar-refractivity contribution is 9.10. The molecule has 1 aromatic heterocycles. The van der Waals surface area contributed by atoms with E-state index in [2.05, 4.69) is 57.1 Å². The van der Waals surface area contributed by atoms with Gasteiger partial charge in [-0.3, -0.25) is 4.90 Å². The van der Waals surface area contributed by atoms with Crippen molar-refractivity contribution in [3.8, 4) is 0 Å². The van der Waals surface area contributed by atoms with Crippen LogP contribution in [0.15, 0.2) is 22.9 Å². The van der Waals surface area contributed by atoms with E-state index in [1.165, 1.54) is 18.4 Å². The average molecular weight is 399 g/mol. The maximum atomic E-state index is 4.40. The summed E-state index contributed by atoms with van der Waals surface area (Å²) in [7, 11) is 0. The summed E-state index contributed by atoms with van der Waals surface area (Å²) in [6.07, 6.45) is 4.52. The van der Waals surface area contributed by atoms with Gasteiger partial charge >= 0.3 is 0 Å². The monoisotopic (exact) mass is 397 g/mol. The molecule has 2 heterocycles. The Hall–Kier alpha value is 0.130. The van der Waals surface area contributed by atoms with Gasteiger partial charge in [-0.05, 0) is 46.3 Å². The van der Waals surface area contributed by atoms with Gasteiger partial charge in [-0.1, -0.05) is 19.9 Å². The normalized spacial score (nSPS) is 17.0. The molecule has 0 aliphatic carbocycles. The van der Waals surface area contributed by atoms with Crippen LogP contribution in [-0.4, -0.2) is 36.1 Å². The van der Waals surface area contributed by atoms with Gasteiger partial charge in [0.1, 0.15) is 4.60 Å². The number of halogens is 3. The second-order valence-corrected chi connectivity index (χ2v) is 6.50. The maximum Gasteiger partial charge on any atom is 0.106 e. The molecular weight excluding hydrogens is 373 g/mol. The zero-order valence-electron chi connectivity index (χ0n) is 12.7. The van der Waals surface area contributed by atoms with Crippen molar-refractivity contribution in [3.05, 3.63) is 28.5 Å². The van der Waals surface area contributed by atoms with Crippen molar-refractivity contribution in [2.45, 2.75) is 32.7 Å². The smallest absolute Gasteiger partial charge is 0.106 e. The predicted octanol–water partition coefficient (Wildman–Crippen LogP) is 4.07. The van der Waals surface area contributed by atoms with Gasteiger partial charge in [-0.2, -0.15) is 0 Å². The summed E-state index contributed by atoms with van der Waals surface area (Å²) < 4.78 is 0.916. The SMILES string of the molecule is CC(C)CC[C@@H](c1ccc(Br)nc1)N1CCNCC1.Cl.Cl. The lowest BCUT2D eigenvalue weighted by Gasteiger charge is -2.35. The lowest BCUT2D eigenvalue weighted by Crippen LogP contribution is -2.45. The van der Waals surface area contributed by atoms with Gasteiger partial charge in [0.15, 0.2) is 0 Å². The van der Waals surface area contributed by atoms with Crippen LogP contribution in [0.3, 0.4) is 0 Å². The standard InChI is InChI=1S/C15H24BrN3.2ClH/c1-12(2)3-5-14(19-9-7-17-8-10-19)13-4-6-15(16)18-11-13;;/h4,6,11-12,14,17H,3,5,7-10H2,1-2H3;2*1H/t14-;;/m0../s1. The van der Waals surface area contributed by atoms with Gasteiger partial charge in [0.2, 0.25) is 0 Å². The molecule has 1 fully saturated rings. The molecule has 0 aromatic carbocycles. The molecule has 0 saturated carbocycles. The number of nitrogens with one attached hydrogen (secondary N) is 1. The van der Waals surface area contributed by atoms with Gasteiger partial charge in [-0.15, -0.1) is 24.8 Å². The van der Waals surface area contributed by atoms with Gasteiger partial charge in [-0.25, -0.2) is 4.98 Å². The average Bonchev–Trinajstić information content (AvgIpc) is 2.42. The van der Waals surface area contributed by atoms with E-state index in [4.69, 9.17) is 0 Å². The van der Waals surface area contributed by atoms with Crippen molar-refractivity contribution in [3.63, 3.8) is 0 Å². The van der Waals surface area contributed by atoms with Crippen LogP contribution in [-0.2, 0) is 0 Å². The molecule has 1 aromatic rings. The van der Waals surface area contributed by atoms with Gasteiger partial charge in [0.05, 0.1) is 0 Å². The number of rotatable bonds is 5. The molecule has 21 heavy (non-hydrogen) atoms. The minimum atomic E-state index is 0. The first-order valence-corrected chi connectivity index (χ1v) is 8.02. The molecule has 0 radical (unpaired) electrons. The number of pyridine rings is 1. The van der Waals surface area contributed by atoms with Crippen molar-refractivity contribution in [1.82, 2.24) is 15.2 Å². The van der Waals surface area contributed by atoms with Crippen LogP contribution in [0.25, 0.3) is 0 Å². The predicted molar refractivity (Wildman–Crippen MR) is 97.7 cm³/mol. The van der Waals surface area contributed by atoms with Crippen LogP contribution in [0, 0.1) is 5.92 Å². The van der Waals surface area contributed by atoms with Crippen LogP contribution in [0.1, 0.15) is 38.3 Å². The Morgan fingerprint density at radius 2 is 1.86 bits per heavy atom. The van der Waals surface area contributed by atoms with Gasteiger partial charge < -0.3 is 5.32 Å². The minimum absolute atomic E-state index is 0. The Bertz CT molecular complexity index is 381. The number of nitrogens with zero attached hydrogens (tertiary/aromatic N) is 2. The molecule has 0 unspecified atom stereocenters. The molecule has 1 saturated heterocycles. The lowest BCUT2D eigenvalue weighted by atomic mass is 9.97. The molecule has 1 atom stereocenters. The second kappa shape index (κ2) is 10.8. The van der Waals surface area contributed by atoms with Gasteiger partial charge in [0.25, 0.3) is 0 Å². The van der Waals surface area contributed by atoms with Crippen molar-refractivity contribution in [2.24, 2.45) is 5.92 Å². The summed E-state index contributed by atoms with van der Waals surface area (Å²) in [6, 6.07) is 4.79. The van der Waals surface area contributed by atoms with E-state index < -0.39 is 0 Å². The van der Waals surface area contributed by atoms with Crippen LogP contribution >= 0.6 is 40.7 Å². The molecule has 2 rings (SSSR count). The van der Waals surface area contributed by atoms with Crippen molar-refractivity contribution in [2.75, 3.05) is 26.2 Å². The molecule has 6 heteroatoms. The molecule has 0 spiro atoms. The number of aromatic nitrogens is 1. The Morgan fingerprint density at radius 3 is 2.38 bits per heavy atom. The van der Waals surface area contributed by atoms with E-state index in [1.54, 1.807) is 0 Å². The summed E-state index contributed by atoms with van der Waals surface area (Å²) in [5.41, 5.74) is 1.35. The topological polar surface area (TPSA) is 28.2 Å². The van der Waals surface area contributed by atoms with Crippen LogP contribution in [0.5, 0.6) is 0 Å². The molecule has 1 N–H and O–H groups in total. The zero-order valence-corrected chi connectivity index (χ0v) is 15.9. The third-order valence-corrected chi connectivity index (χ3v) is 4.21. The first kappa shape index (κ1) is 21.1. The molecule has 0 bridgehead atoms. The molecule has 0 amide bonds. The number of hydrogen-bond acceptors (Lipinski definition) is 3. The quantitative estimate of drug-likeness (QED) is 0.757. The number of piperazine rings is 1. The third-order valence-electron chi connectivity index (χ3n) is 3.74. The Kier molecular flexibility index (Phi) is 10.9. The van der Waals surface area contributed by atoms with Crippen LogP contribution < -0.4 is 5.32 Å². The fourth-order valence-corrected chi connectivity index (χ4v) is 2.86. The Balaban J connectivity index is 0.00000200. The van der Waals surface area contributed by atoms with E-state index >= 15 is 0 Å². The van der Waals surface area contributed by atoms with Gasteiger partial charge in [0, 0.05) is 38.4 Å². The fraction of sp³-hybridized carbons (Fsp3) is 0.667. The molecule has 1 aliphatic rings.